The van der Waals surface area contributed by atoms with E-state index < -0.39 is 49.5 Å². The Morgan fingerprint density at radius 3 is 1.42 bits per heavy atom. The second kappa shape index (κ2) is 40.5. The highest BCUT2D eigenvalue weighted by Crippen LogP contribution is 2.23. The topological polar surface area (TPSA) is 149 Å². The normalized spacial score (nSPS) is 21.0. The summed E-state index contributed by atoms with van der Waals surface area (Å²) >= 11 is 0. The van der Waals surface area contributed by atoms with E-state index in [2.05, 4.69) is 43.5 Å². The molecule has 0 aromatic rings. The lowest BCUT2D eigenvalue weighted by Crippen LogP contribution is -2.60. The fourth-order valence-corrected chi connectivity index (χ4v) is 7.70. The van der Waals surface area contributed by atoms with E-state index >= 15 is 0 Å². The molecule has 1 aliphatic rings. The number of hydrogen-bond donors (Lipinski definition) is 6. The van der Waals surface area contributed by atoms with Crippen LogP contribution in [0.25, 0.3) is 0 Å². The van der Waals surface area contributed by atoms with Crippen LogP contribution in [-0.2, 0) is 14.3 Å². The van der Waals surface area contributed by atoms with E-state index in [1.807, 2.05) is 6.08 Å². The quantitative estimate of drug-likeness (QED) is 0.0263. The van der Waals surface area contributed by atoms with Crippen LogP contribution in [0.4, 0.5) is 0 Å². The molecule has 1 fully saturated rings. The minimum absolute atomic E-state index is 0.195. The molecular weight excluding hydrogens is 743 g/mol. The minimum Gasteiger partial charge on any atom is -0.394 e. The molecule has 1 aliphatic heterocycles. The molecule has 6 N–H and O–H groups in total. The zero-order valence-corrected chi connectivity index (χ0v) is 38.0. The molecule has 0 aromatic carbocycles. The standard InChI is InChI=1S/C50H93NO8/c1-3-5-7-9-11-13-15-17-19-21-22-23-24-25-27-29-31-33-35-37-39-44(53)43(42-58-50-49(57)48(56)47(55)45(41-52)59-50)51-46(54)40-38-36-34-32-30-28-26-20-18-16-14-12-10-8-6-4-2/h20,26,29,31,37,39,43-45,47-50,52-53,55-57H,3-19,21-25,27-28,30,32-36,38,40-42H2,1-2H3,(H,51,54)/b26-20-,31-29+,39-37+. The molecule has 9 nitrogen and oxygen atoms in total. The summed E-state index contributed by atoms with van der Waals surface area (Å²) in [5, 5.41) is 54.2. The van der Waals surface area contributed by atoms with Crippen LogP contribution in [0.1, 0.15) is 219 Å². The van der Waals surface area contributed by atoms with Crippen molar-refractivity contribution in [3.63, 3.8) is 0 Å². The van der Waals surface area contributed by atoms with Gasteiger partial charge in [0.15, 0.2) is 6.29 Å². The van der Waals surface area contributed by atoms with Crippen LogP contribution in [0.2, 0.25) is 0 Å². The van der Waals surface area contributed by atoms with Gasteiger partial charge in [-0.3, -0.25) is 4.79 Å². The highest BCUT2D eigenvalue weighted by Gasteiger charge is 2.44. The van der Waals surface area contributed by atoms with Gasteiger partial charge in [-0.25, -0.2) is 0 Å². The molecule has 1 heterocycles. The molecule has 59 heavy (non-hydrogen) atoms. The van der Waals surface area contributed by atoms with Gasteiger partial charge in [0.2, 0.25) is 5.91 Å². The molecule has 0 radical (unpaired) electrons. The molecule has 346 valence electrons. The van der Waals surface area contributed by atoms with Gasteiger partial charge in [-0.1, -0.05) is 192 Å². The molecule has 0 bridgehead atoms. The van der Waals surface area contributed by atoms with Crippen LogP contribution in [0.5, 0.6) is 0 Å². The van der Waals surface area contributed by atoms with Crippen molar-refractivity contribution in [2.75, 3.05) is 13.2 Å². The fourth-order valence-electron chi connectivity index (χ4n) is 7.70. The largest absolute Gasteiger partial charge is 0.394 e. The van der Waals surface area contributed by atoms with E-state index in [-0.39, 0.29) is 12.5 Å². The highest BCUT2D eigenvalue weighted by atomic mass is 16.7. The Labute approximate surface area is 361 Å². The van der Waals surface area contributed by atoms with Gasteiger partial charge in [-0.2, -0.15) is 0 Å². The van der Waals surface area contributed by atoms with E-state index in [0.29, 0.717) is 6.42 Å². The maximum absolute atomic E-state index is 13.0. The Bertz CT molecular complexity index is 1020. The average molecular weight is 836 g/mol. The second-order valence-corrected chi connectivity index (χ2v) is 17.2. The number of amides is 1. The number of unbranched alkanes of at least 4 members (excludes halogenated alkanes) is 27. The van der Waals surface area contributed by atoms with Gasteiger partial charge in [0, 0.05) is 6.42 Å². The number of allylic oxidation sites excluding steroid dienone is 5. The van der Waals surface area contributed by atoms with E-state index in [4.69, 9.17) is 9.47 Å². The Hall–Kier alpha value is -1.59. The maximum atomic E-state index is 13.0. The first kappa shape index (κ1) is 55.4. The zero-order valence-electron chi connectivity index (χ0n) is 38.0. The summed E-state index contributed by atoms with van der Waals surface area (Å²) in [5.74, 6) is -0.195. The first-order chi connectivity index (χ1) is 28.8. The molecule has 9 heteroatoms. The Balaban J connectivity index is 2.35. The number of aliphatic hydroxyl groups excluding tert-OH is 5. The number of carbonyl (C=O) groups is 1. The van der Waals surface area contributed by atoms with Crippen LogP contribution in [0, 0.1) is 0 Å². The summed E-state index contributed by atoms with van der Waals surface area (Å²) in [6.07, 6.45) is 43.3. The van der Waals surface area contributed by atoms with E-state index in [1.165, 1.54) is 141 Å². The zero-order chi connectivity index (χ0) is 43.0. The van der Waals surface area contributed by atoms with Gasteiger partial charge < -0.3 is 40.3 Å². The Morgan fingerprint density at radius 1 is 0.559 bits per heavy atom. The lowest BCUT2D eigenvalue weighted by atomic mass is 9.99. The smallest absolute Gasteiger partial charge is 0.220 e. The first-order valence-corrected chi connectivity index (χ1v) is 24.7. The van der Waals surface area contributed by atoms with Crippen molar-refractivity contribution in [1.29, 1.82) is 0 Å². The summed E-state index contributed by atoms with van der Waals surface area (Å²) in [6.45, 7) is 3.76. The molecule has 7 unspecified atom stereocenters. The van der Waals surface area contributed by atoms with Crippen LogP contribution in [0.15, 0.2) is 36.5 Å². The third kappa shape index (κ3) is 31.0. The van der Waals surface area contributed by atoms with E-state index in [9.17, 15) is 30.3 Å². The Morgan fingerprint density at radius 2 is 0.966 bits per heavy atom. The van der Waals surface area contributed by atoms with Crippen LogP contribution in [-0.4, -0.2) is 87.5 Å². The number of nitrogens with one attached hydrogen (secondary N) is 1. The van der Waals surface area contributed by atoms with Crippen LogP contribution in [0.3, 0.4) is 0 Å². The summed E-state index contributed by atoms with van der Waals surface area (Å²) in [7, 11) is 0. The first-order valence-electron chi connectivity index (χ1n) is 24.7. The Kier molecular flexibility index (Phi) is 38.0. The van der Waals surface area contributed by atoms with Crippen LogP contribution < -0.4 is 5.32 Å². The third-order valence-corrected chi connectivity index (χ3v) is 11.7. The van der Waals surface area contributed by atoms with Crippen molar-refractivity contribution in [3.05, 3.63) is 36.5 Å². The molecule has 7 atom stereocenters. The van der Waals surface area contributed by atoms with Gasteiger partial charge in [0.05, 0.1) is 25.4 Å². The van der Waals surface area contributed by atoms with Gasteiger partial charge in [0.1, 0.15) is 24.4 Å². The molecule has 1 saturated heterocycles. The van der Waals surface area contributed by atoms with Crippen molar-refractivity contribution in [2.24, 2.45) is 0 Å². The number of rotatable bonds is 41. The highest BCUT2D eigenvalue weighted by molar-refractivity contribution is 5.76. The van der Waals surface area contributed by atoms with Crippen LogP contribution >= 0.6 is 0 Å². The minimum atomic E-state index is -1.57. The van der Waals surface area contributed by atoms with Crippen molar-refractivity contribution < 1.29 is 39.8 Å². The van der Waals surface area contributed by atoms with Crippen molar-refractivity contribution in [2.45, 2.75) is 262 Å². The molecule has 0 aromatic heterocycles. The van der Waals surface area contributed by atoms with Crippen molar-refractivity contribution >= 4 is 5.91 Å². The van der Waals surface area contributed by atoms with E-state index in [1.54, 1.807) is 6.08 Å². The van der Waals surface area contributed by atoms with Crippen molar-refractivity contribution in [3.8, 4) is 0 Å². The number of aliphatic hydroxyl groups is 5. The summed E-state index contributed by atoms with van der Waals surface area (Å²) < 4.78 is 11.2. The molecular formula is C50H93NO8. The third-order valence-electron chi connectivity index (χ3n) is 11.7. The lowest BCUT2D eigenvalue weighted by molar-refractivity contribution is -0.302. The lowest BCUT2D eigenvalue weighted by Gasteiger charge is -2.40. The second-order valence-electron chi connectivity index (χ2n) is 17.2. The fraction of sp³-hybridized carbons (Fsp3) is 0.860. The van der Waals surface area contributed by atoms with Gasteiger partial charge in [-0.15, -0.1) is 0 Å². The van der Waals surface area contributed by atoms with Gasteiger partial charge in [0.25, 0.3) is 0 Å². The molecule has 0 aliphatic carbocycles. The summed E-state index contributed by atoms with van der Waals surface area (Å²) in [4.78, 5) is 13.0. The van der Waals surface area contributed by atoms with E-state index in [0.717, 1.165) is 57.8 Å². The SMILES string of the molecule is CCCCCCCCC/C=C\CCCCCCCC(=O)NC(COC1OC(CO)C(O)C(O)C1O)C(O)/C=C/CC/C=C/CCCCCCCCCCCCCCCC. The average Bonchev–Trinajstić information content (AvgIpc) is 3.23. The predicted octanol–water partition coefficient (Wildman–Crippen LogP) is 10.8. The molecule has 0 saturated carbocycles. The summed E-state index contributed by atoms with van der Waals surface area (Å²) in [6, 6.07) is -0.824. The molecule has 0 spiro atoms. The summed E-state index contributed by atoms with van der Waals surface area (Å²) in [5.41, 5.74) is 0. The predicted molar refractivity (Wildman–Crippen MR) is 244 cm³/mol. The molecule has 1 rings (SSSR count). The number of carbonyl (C=O) groups excluding carboxylic acids is 1. The molecule has 1 amide bonds. The number of hydrogen-bond acceptors (Lipinski definition) is 8. The monoisotopic (exact) mass is 836 g/mol. The van der Waals surface area contributed by atoms with Gasteiger partial charge in [-0.05, 0) is 57.8 Å². The maximum Gasteiger partial charge on any atom is 0.220 e. The van der Waals surface area contributed by atoms with Crippen molar-refractivity contribution in [1.82, 2.24) is 5.32 Å². The van der Waals surface area contributed by atoms with Gasteiger partial charge >= 0.3 is 0 Å². The number of ether oxygens (including phenoxy) is 2.